The average Bonchev–Trinajstić information content (AvgIpc) is 2.90. The minimum Gasteiger partial charge on any atom is -0.459 e. The Morgan fingerprint density at radius 2 is 2.11 bits per heavy atom. The third kappa shape index (κ3) is 2.66. The molecule has 0 aliphatic rings. The van der Waals surface area contributed by atoms with Gasteiger partial charge in [0.1, 0.15) is 11.3 Å². The van der Waals surface area contributed by atoms with Crippen LogP contribution < -0.4 is 5.32 Å². The number of nitrogens with one attached hydrogen (secondary N) is 1. The largest absolute Gasteiger partial charge is 0.459 e. The second-order valence-electron chi connectivity index (χ2n) is 4.65. The molecular formula is C16H16N2O. The maximum atomic E-state index is 5.84. The van der Waals surface area contributed by atoms with Crippen molar-refractivity contribution in [1.82, 2.24) is 10.3 Å². The fraction of sp³-hybridized carbons (Fsp3) is 0.188. The van der Waals surface area contributed by atoms with Crippen LogP contribution in [-0.2, 0) is 6.54 Å². The van der Waals surface area contributed by atoms with Crippen molar-refractivity contribution in [3.8, 4) is 0 Å². The predicted molar refractivity (Wildman–Crippen MR) is 75.7 cm³/mol. The molecule has 0 bridgehead atoms. The van der Waals surface area contributed by atoms with Gasteiger partial charge in [-0.1, -0.05) is 24.3 Å². The highest BCUT2D eigenvalue weighted by molar-refractivity contribution is 5.77. The van der Waals surface area contributed by atoms with Gasteiger partial charge in [0.05, 0.1) is 6.04 Å². The van der Waals surface area contributed by atoms with Crippen molar-refractivity contribution in [2.75, 3.05) is 0 Å². The second kappa shape index (κ2) is 5.24. The summed E-state index contributed by atoms with van der Waals surface area (Å²) < 4.78 is 5.84. The summed E-state index contributed by atoms with van der Waals surface area (Å²) in [4.78, 5) is 4.11. The van der Waals surface area contributed by atoms with E-state index in [1.807, 2.05) is 30.5 Å². The summed E-state index contributed by atoms with van der Waals surface area (Å²) in [5, 5.41) is 4.59. The average molecular weight is 252 g/mol. The van der Waals surface area contributed by atoms with E-state index >= 15 is 0 Å². The number of hydrogen-bond acceptors (Lipinski definition) is 3. The Balaban J connectivity index is 1.71. The summed E-state index contributed by atoms with van der Waals surface area (Å²) in [6.07, 6.45) is 3.66. The molecule has 3 aromatic rings. The van der Waals surface area contributed by atoms with Crippen molar-refractivity contribution in [2.24, 2.45) is 0 Å². The standard InChI is InChI=1S/C16H16N2O/c1-12(18-11-13-5-4-8-17-10-13)16-9-14-6-2-3-7-15(14)19-16/h2-10,12,18H,11H2,1H3. The fourth-order valence-electron chi connectivity index (χ4n) is 2.09. The van der Waals surface area contributed by atoms with Crippen LogP contribution >= 0.6 is 0 Å². The Hall–Kier alpha value is -2.13. The van der Waals surface area contributed by atoms with E-state index in [0.29, 0.717) is 0 Å². The molecule has 0 amide bonds. The van der Waals surface area contributed by atoms with Crippen molar-refractivity contribution in [3.05, 3.63) is 66.2 Å². The number of fused-ring (bicyclic) bond motifs is 1. The van der Waals surface area contributed by atoms with Crippen LogP contribution in [0.1, 0.15) is 24.3 Å². The quantitative estimate of drug-likeness (QED) is 0.769. The highest BCUT2D eigenvalue weighted by Crippen LogP contribution is 2.23. The highest BCUT2D eigenvalue weighted by atomic mass is 16.3. The van der Waals surface area contributed by atoms with Gasteiger partial charge in [-0.2, -0.15) is 0 Å². The summed E-state index contributed by atoms with van der Waals surface area (Å²) in [6, 6.07) is 14.3. The van der Waals surface area contributed by atoms with Gasteiger partial charge in [0, 0.05) is 24.3 Å². The molecule has 2 aromatic heterocycles. The van der Waals surface area contributed by atoms with Gasteiger partial charge in [0.2, 0.25) is 0 Å². The van der Waals surface area contributed by atoms with E-state index in [4.69, 9.17) is 4.42 Å². The lowest BCUT2D eigenvalue weighted by Crippen LogP contribution is -2.17. The molecule has 3 rings (SSSR count). The fourth-order valence-corrected chi connectivity index (χ4v) is 2.09. The monoisotopic (exact) mass is 252 g/mol. The molecule has 0 radical (unpaired) electrons. The third-order valence-electron chi connectivity index (χ3n) is 3.21. The van der Waals surface area contributed by atoms with Crippen LogP contribution in [0.25, 0.3) is 11.0 Å². The summed E-state index contributed by atoms with van der Waals surface area (Å²) in [5.41, 5.74) is 2.11. The summed E-state index contributed by atoms with van der Waals surface area (Å²) in [7, 11) is 0. The third-order valence-corrected chi connectivity index (χ3v) is 3.21. The molecule has 1 unspecified atom stereocenters. The van der Waals surface area contributed by atoms with Gasteiger partial charge in [-0.05, 0) is 30.7 Å². The Kier molecular flexibility index (Phi) is 3.29. The Morgan fingerprint density at radius 3 is 2.89 bits per heavy atom. The van der Waals surface area contributed by atoms with Crippen molar-refractivity contribution in [2.45, 2.75) is 19.5 Å². The van der Waals surface area contributed by atoms with E-state index in [-0.39, 0.29) is 6.04 Å². The smallest absolute Gasteiger partial charge is 0.134 e. The molecule has 96 valence electrons. The molecule has 3 heteroatoms. The molecule has 2 heterocycles. The van der Waals surface area contributed by atoms with Crippen LogP contribution in [0.15, 0.2) is 59.3 Å². The molecule has 0 saturated carbocycles. The first-order valence-electron chi connectivity index (χ1n) is 6.44. The number of aromatic nitrogens is 1. The predicted octanol–water partition coefficient (Wildman–Crippen LogP) is 3.68. The molecule has 0 saturated heterocycles. The number of para-hydroxylation sites is 1. The van der Waals surface area contributed by atoms with Crippen molar-refractivity contribution >= 4 is 11.0 Å². The van der Waals surface area contributed by atoms with Crippen molar-refractivity contribution in [3.63, 3.8) is 0 Å². The SMILES string of the molecule is CC(NCc1cccnc1)c1cc2ccccc2o1. The van der Waals surface area contributed by atoms with Crippen LogP contribution in [0.4, 0.5) is 0 Å². The number of nitrogens with zero attached hydrogens (tertiary/aromatic N) is 1. The molecule has 19 heavy (non-hydrogen) atoms. The lowest BCUT2D eigenvalue weighted by atomic mass is 10.2. The van der Waals surface area contributed by atoms with Gasteiger partial charge in [-0.3, -0.25) is 4.98 Å². The maximum Gasteiger partial charge on any atom is 0.134 e. The molecule has 1 N–H and O–H groups in total. The Labute approximate surface area is 112 Å². The van der Waals surface area contributed by atoms with E-state index in [2.05, 4.69) is 35.4 Å². The maximum absolute atomic E-state index is 5.84. The minimum atomic E-state index is 0.174. The van der Waals surface area contributed by atoms with Crippen LogP contribution in [-0.4, -0.2) is 4.98 Å². The lowest BCUT2D eigenvalue weighted by molar-refractivity contribution is 0.450. The normalized spacial score (nSPS) is 12.7. The lowest BCUT2D eigenvalue weighted by Gasteiger charge is -2.10. The van der Waals surface area contributed by atoms with E-state index in [0.717, 1.165) is 23.3 Å². The molecule has 0 fully saturated rings. The number of hydrogen-bond donors (Lipinski definition) is 1. The Bertz CT molecular complexity index is 628. The van der Waals surface area contributed by atoms with Crippen LogP contribution in [0, 0.1) is 0 Å². The zero-order valence-corrected chi connectivity index (χ0v) is 10.8. The van der Waals surface area contributed by atoms with Crippen molar-refractivity contribution in [1.29, 1.82) is 0 Å². The van der Waals surface area contributed by atoms with E-state index < -0.39 is 0 Å². The minimum absolute atomic E-state index is 0.174. The van der Waals surface area contributed by atoms with Gasteiger partial charge < -0.3 is 9.73 Å². The van der Waals surface area contributed by atoms with E-state index in [1.54, 1.807) is 6.20 Å². The van der Waals surface area contributed by atoms with Crippen LogP contribution in [0.5, 0.6) is 0 Å². The zero-order chi connectivity index (χ0) is 13.1. The van der Waals surface area contributed by atoms with Gasteiger partial charge in [0.15, 0.2) is 0 Å². The number of benzene rings is 1. The van der Waals surface area contributed by atoms with Gasteiger partial charge >= 0.3 is 0 Å². The molecule has 0 aliphatic carbocycles. The van der Waals surface area contributed by atoms with Gasteiger partial charge in [-0.25, -0.2) is 0 Å². The number of rotatable bonds is 4. The molecule has 1 aromatic carbocycles. The first-order chi connectivity index (χ1) is 9.33. The van der Waals surface area contributed by atoms with E-state index in [9.17, 15) is 0 Å². The van der Waals surface area contributed by atoms with Crippen LogP contribution in [0.3, 0.4) is 0 Å². The first-order valence-corrected chi connectivity index (χ1v) is 6.44. The molecule has 3 nitrogen and oxygen atoms in total. The van der Waals surface area contributed by atoms with Crippen LogP contribution in [0.2, 0.25) is 0 Å². The zero-order valence-electron chi connectivity index (χ0n) is 10.8. The first kappa shape index (κ1) is 11.9. The van der Waals surface area contributed by atoms with E-state index in [1.165, 1.54) is 5.56 Å². The summed E-state index contributed by atoms with van der Waals surface area (Å²) >= 11 is 0. The van der Waals surface area contributed by atoms with Gasteiger partial charge in [-0.15, -0.1) is 0 Å². The van der Waals surface area contributed by atoms with Crippen molar-refractivity contribution < 1.29 is 4.42 Å². The highest BCUT2D eigenvalue weighted by Gasteiger charge is 2.10. The number of pyridine rings is 1. The number of furan rings is 1. The summed E-state index contributed by atoms with van der Waals surface area (Å²) in [6.45, 7) is 2.89. The molecule has 0 spiro atoms. The Morgan fingerprint density at radius 1 is 1.21 bits per heavy atom. The molecule has 0 aliphatic heterocycles. The molecule has 1 atom stereocenters. The molecular weight excluding hydrogens is 236 g/mol. The van der Waals surface area contributed by atoms with Gasteiger partial charge in [0.25, 0.3) is 0 Å². The second-order valence-corrected chi connectivity index (χ2v) is 4.65. The topological polar surface area (TPSA) is 38.1 Å². The summed E-state index contributed by atoms with van der Waals surface area (Å²) in [5.74, 6) is 0.963.